The molecular weight excluding hydrogens is 376 g/mol. The molecule has 152 valence electrons. The van der Waals surface area contributed by atoms with Gasteiger partial charge in [-0.15, -0.1) is 0 Å². The highest BCUT2D eigenvalue weighted by Gasteiger charge is 2.63. The van der Waals surface area contributed by atoms with Crippen LogP contribution in [0.4, 0.5) is 5.95 Å². The standard InChI is InChI=1S/C20H22N4O5/c1-11-22-19(23-29-11)24-8-14-13(15-4-5-20(14,9-24)28-15)7-21-18(25)12-2-3-16-17(6-12)27-10-26-16/h2-3,6,13-15H,4-5,7-10H2,1H3,(H,21,25)/t13-,14+,15+,20+/m0/s1. The molecular formula is C20H22N4O5. The molecule has 9 nitrogen and oxygen atoms in total. The number of nitrogens with one attached hydrogen (secondary N) is 1. The number of rotatable bonds is 4. The smallest absolute Gasteiger partial charge is 0.266 e. The second-order valence-corrected chi connectivity index (χ2v) is 8.30. The van der Waals surface area contributed by atoms with Crippen LogP contribution < -0.4 is 19.7 Å². The molecule has 4 aliphatic rings. The van der Waals surface area contributed by atoms with Crippen molar-refractivity contribution in [3.05, 3.63) is 29.7 Å². The summed E-state index contributed by atoms with van der Waals surface area (Å²) >= 11 is 0. The number of fused-ring (bicyclic) bond motifs is 2. The summed E-state index contributed by atoms with van der Waals surface area (Å²) in [7, 11) is 0. The molecule has 3 fully saturated rings. The lowest BCUT2D eigenvalue weighted by molar-refractivity contribution is 0.0141. The van der Waals surface area contributed by atoms with E-state index in [4.69, 9.17) is 18.7 Å². The van der Waals surface area contributed by atoms with Gasteiger partial charge in [0.2, 0.25) is 12.7 Å². The summed E-state index contributed by atoms with van der Waals surface area (Å²) in [5.74, 6) is 2.99. The number of carbonyl (C=O) groups excluding carboxylic acids is 1. The molecule has 1 N–H and O–H groups in total. The molecule has 3 saturated heterocycles. The van der Waals surface area contributed by atoms with Crippen LogP contribution >= 0.6 is 0 Å². The third-order valence-corrected chi connectivity index (χ3v) is 6.72. The second kappa shape index (κ2) is 6.09. The number of benzene rings is 1. The number of aryl methyl sites for hydroxylation is 1. The Hall–Kier alpha value is -2.81. The van der Waals surface area contributed by atoms with Crippen molar-refractivity contribution in [1.29, 1.82) is 0 Å². The van der Waals surface area contributed by atoms with Crippen LogP contribution in [0.5, 0.6) is 11.5 Å². The molecule has 0 unspecified atom stereocenters. The number of amides is 1. The highest BCUT2D eigenvalue weighted by molar-refractivity contribution is 5.94. The summed E-state index contributed by atoms with van der Waals surface area (Å²) < 4.78 is 22.3. The number of hydrogen-bond acceptors (Lipinski definition) is 8. The van der Waals surface area contributed by atoms with E-state index in [1.54, 1.807) is 25.1 Å². The Kier molecular flexibility index (Phi) is 3.59. The number of ether oxygens (including phenoxy) is 3. The Morgan fingerprint density at radius 2 is 2.24 bits per heavy atom. The first-order valence-electron chi connectivity index (χ1n) is 10.0. The zero-order valence-corrected chi connectivity index (χ0v) is 16.1. The Bertz CT molecular complexity index is 978. The van der Waals surface area contributed by atoms with Crippen LogP contribution in [-0.2, 0) is 4.74 Å². The summed E-state index contributed by atoms with van der Waals surface area (Å²) in [4.78, 5) is 19.2. The van der Waals surface area contributed by atoms with Gasteiger partial charge in [-0.25, -0.2) is 0 Å². The quantitative estimate of drug-likeness (QED) is 0.828. The van der Waals surface area contributed by atoms with Crippen LogP contribution in [0.2, 0.25) is 0 Å². The minimum absolute atomic E-state index is 0.108. The molecule has 5 heterocycles. The lowest BCUT2D eigenvalue weighted by atomic mass is 9.73. The van der Waals surface area contributed by atoms with Gasteiger partial charge in [-0.1, -0.05) is 0 Å². The van der Waals surface area contributed by atoms with E-state index < -0.39 is 0 Å². The van der Waals surface area contributed by atoms with Crippen molar-refractivity contribution in [3.63, 3.8) is 0 Å². The van der Waals surface area contributed by atoms with Crippen LogP contribution in [0.1, 0.15) is 29.1 Å². The van der Waals surface area contributed by atoms with Crippen molar-refractivity contribution >= 4 is 11.9 Å². The average Bonchev–Trinajstić information content (AvgIpc) is 3.50. The predicted octanol–water partition coefficient (Wildman–Crippen LogP) is 1.52. The molecule has 29 heavy (non-hydrogen) atoms. The van der Waals surface area contributed by atoms with Crippen molar-refractivity contribution in [2.45, 2.75) is 31.5 Å². The molecule has 2 bridgehead atoms. The first-order chi connectivity index (χ1) is 14.1. The minimum Gasteiger partial charge on any atom is -0.454 e. The molecule has 4 aliphatic heterocycles. The second-order valence-electron chi connectivity index (χ2n) is 8.30. The van der Waals surface area contributed by atoms with Gasteiger partial charge >= 0.3 is 0 Å². The fraction of sp³-hybridized carbons (Fsp3) is 0.550. The molecule has 0 aliphatic carbocycles. The van der Waals surface area contributed by atoms with Crippen molar-refractivity contribution in [2.75, 3.05) is 31.3 Å². The molecule has 1 aromatic carbocycles. The predicted molar refractivity (Wildman–Crippen MR) is 100.0 cm³/mol. The fourth-order valence-corrected chi connectivity index (χ4v) is 5.38. The number of hydrogen-bond donors (Lipinski definition) is 1. The Morgan fingerprint density at radius 3 is 3.10 bits per heavy atom. The molecule has 1 spiro atoms. The van der Waals surface area contributed by atoms with Crippen LogP contribution in [0.15, 0.2) is 22.7 Å². The van der Waals surface area contributed by atoms with E-state index in [0.717, 1.165) is 25.9 Å². The minimum atomic E-state index is -0.159. The van der Waals surface area contributed by atoms with Gasteiger partial charge in [-0.2, -0.15) is 4.98 Å². The highest BCUT2D eigenvalue weighted by atomic mass is 16.7. The number of aromatic nitrogens is 2. The highest BCUT2D eigenvalue weighted by Crippen LogP contribution is 2.55. The van der Waals surface area contributed by atoms with Gasteiger partial charge in [0.1, 0.15) is 0 Å². The van der Waals surface area contributed by atoms with Gasteiger partial charge in [0.25, 0.3) is 11.9 Å². The first-order valence-corrected chi connectivity index (χ1v) is 10.0. The molecule has 1 amide bonds. The lowest BCUT2D eigenvalue weighted by Gasteiger charge is -2.29. The first kappa shape index (κ1) is 17.1. The van der Waals surface area contributed by atoms with Crippen LogP contribution in [0, 0.1) is 18.8 Å². The molecule has 2 aromatic rings. The van der Waals surface area contributed by atoms with E-state index in [-0.39, 0.29) is 30.3 Å². The maximum atomic E-state index is 12.7. The van der Waals surface area contributed by atoms with E-state index in [0.29, 0.717) is 41.4 Å². The van der Waals surface area contributed by atoms with Crippen LogP contribution in [0.25, 0.3) is 0 Å². The van der Waals surface area contributed by atoms with Gasteiger partial charge < -0.3 is 29.0 Å². The maximum Gasteiger partial charge on any atom is 0.266 e. The average molecular weight is 398 g/mol. The Balaban J connectivity index is 1.15. The molecule has 6 rings (SSSR count). The van der Waals surface area contributed by atoms with Crippen LogP contribution in [0.3, 0.4) is 0 Å². The Labute approximate surface area is 167 Å². The third kappa shape index (κ3) is 2.60. The maximum absolute atomic E-state index is 12.7. The number of carbonyl (C=O) groups is 1. The number of anilines is 1. The van der Waals surface area contributed by atoms with Gasteiger partial charge in [0.05, 0.1) is 18.2 Å². The van der Waals surface area contributed by atoms with Crippen molar-refractivity contribution in [1.82, 2.24) is 15.5 Å². The molecule has 4 atom stereocenters. The van der Waals surface area contributed by atoms with Crippen molar-refractivity contribution < 1.29 is 23.5 Å². The van der Waals surface area contributed by atoms with Gasteiger partial charge in [0.15, 0.2) is 11.5 Å². The van der Waals surface area contributed by atoms with E-state index in [1.807, 2.05) is 0 Å². The van der Waals surface area contributed by atoms with E-state index >= 15 is 0 Å². The normalized spacial score (nSPS) is 31.3. The SMILES string of the molecule is Cc1nc(N2C[C@@H]3[C@H](CNC(=O)c4ccc5c(c4)OCO5)[C@H]4CC[C@]3(C2)O4)no1. The molecule has 0 saturated carbocycles. The fourth-order valence-electron chi connectivity index (χ4n) is 5.38. The molecule has 0 radical (unpaired) electrons. The summed E-state index contributed by atoms with van der Waals surface area (Å²) in [6, 6.07) is 5.26. The summed E-state index contributed by atoms with van der Waals surface area (Å²) in [5, 5.41) is 7.17. The van der Waals surface area contributed by atoms with E-state index in [2.05, 4.69) is 20.4 Å². The van der Waals surface area contributed by atoms with Gasteiger partial charge in [0, 0.05) is 37.4 Å². The van der Waals surface area contributed by atoms with Gasteiger partial charge in [-0.3, -0.25) is 4.79 Å². The summed E-state index contributed by atoms with van der Waals surface area (Å²) in [6.45, 7) is 4.17. The zero-order chi connectivity index (χ0) is 19.6. The van der Waals surface area contributed by atoms with Crippen molar-refractivity contribution in [2.24, 2.45) is 11.8 Å². The summed E-state index contributed by atoms with van der Waals surface area (Å²) in [6.07, 6.45) is 2.27. The Morgan fingerprint density at radius 1 is 1.34 bits per heavy atom. The zero-order valence-electron chi connectivity index (χ0n) is 16.1. The van der Waals surface area contributed by atoms with E-state index in [9.17, 15) is 4.79 Å². The van der Waals surface area contributed by atoms with Crippen molar-refractivity contribution in [3.8, 4) is 11.5 Å². The summed E-state index contributed by atoms with van der Waals surface area (Å²) in [5.41, 5.74) is 0.413. The largest absolute Gasteiger partial charge is 0.454 e. The van der Waals surface area contributed by atoms with Crippen LogP contribution in [-0.4, -0.2) is 54.2 Å². The topological polar surface area (TPSA) is 99.0 Å². The monoisotopic (exact) mass is 398 g/mol. The van der Waals surface area contributed by atoms with E-state index in [1.165, 1.54) is 0 Å². The molecule has 9 heteroatoms. The van der Waals surface area contributed by atoms with Gasteiger partial charge in [-0.05, 0) is 36.2 Å². The number of nitrogens with zero attached hydrogens (tertiary/aromatic N) is 3. The molecule has 1 aromatic heterocycles. The lowest BCUT2D eigenvalue weighted by Crippen LogP contribution is -2.41. The third-order valence-electron chi connectivity index (χ3n) is 6.72.